The maximum atomic E-state index is 10.1. The van der Waals surface area contributed by atoms with Gasteiger partial charge in [-0.1, -0.05) is 36.7 Å². The molecule has 1 aliphatic heterocycles. The molecule has 19 heavy (non-hydrogen) atoms. The van der Waals surface area contributed by atoms with Crippen LogP contribution in [0.5, 0.6) is 0 Å². The van der Waals surface area contributed by atoms with Crippen molar-refractivity contribution in [1.82, 2.24) is 10.2 Å². The zero-order valence-corrected chi connectivity index (χ0v) is 12.2. The first-order valence-corrected chi connectivity index (χ1v) is 7.44. The van der Waals surface area contributed by atoms with Gasteiger partial charge < -0.3 is 15.3 Å². The number of hydrogen-bond donors (Lipinski definition) is 2. The monoisotopic (exact) mass is 282 g/mol. The van der Waals surface area contributed by atoms with Crippen LogP contribution in [0.3, 0.4) is 0 Å². The molecule has 1 heterocycles. The number of hydrogen-bond acceptors (Lipinski definition) is 3. The van der Waals surface area contributed by atoms with E-state index in [-0.39, 0.29) is 0 Å². The molecule has 1 fully saturated rings. The lowest BCUT2D eigenvalue weighted by atomic mass is 10.1. The molecule has 0 aliphatic carbocycles. The largest absolute Gasteiger partial charge is 0.387 e. The van der Waals surface area contributed by atoms with Gasteiger partial charge in [0.15, 0.2) is 0 Å². The molecule has 2 N–H and O–H groups in total. The Hall–Kier alpha value is -0.610. The summed E-state index contributed by atoms with van der Waals surface area (Å²) < 4.78 is 0. The number of rotatable bonds is 6. The number of benzene rings is 1. The number of nitrogens with zero attached hydrogens (tertiary/aromatic N) is 1. The highest BCUT2D eigenvalue weighted by molar-refractivity contribution is 6.31. The highest BCUT2D eigenvalue weighted by Gasteiger charge is 2.21. The first-order chi connectivity index (χ1) is 9.20. The molecular formula is C15H23ClN2O. The van der Waals surface area contributed by atoms with E-state index in [2.05, 4.69) is 17.1 Å². The summed E-state index contributed by atoms with van der Waals surface area (Å²) in [4.78, 5) is 2.47. The van der Waals surface area contributed by atoms with E-state index in [1.165, 1.54) is 19.5 Å². The first kappa shape index (κ1) is 14.8. The molecule has 1 saturated heterocycles. The maximum absolute atomic E-state index is 10.1. The van der Waals surface area contributed by atoms with Gasteiger partial charge in [0.25, 0.3) is 0 Å². The van der Waals surface area contributed by atoms with Crippen LogP contribution in [0.25, 0.3) is 0 Å². The Morgan fingerprint density at radius 1 is 1.47 bits per heavy atom. The van der Waals surface area contributed by atoms with Gasteiger partial charge in [-0.3, -0.25) is 0 Å². The second-order valence-electron chi connectivity index (χ2n) is 5.24. The highest BCUT2D eigenvalue weighted by atomic mass is 35.5. The smallest absolute Gasteiger partial charge is 0.0928 e. The van der Waals surface area contributed by atoms with Crippen molar-refractivity contribution < 1.29 is 5.11 Å². The summed E-state index contributed by atoms with van der Waals surface area (Å²) in [7, 11) is 0. The molecule has 2 unspecified atom stereocenters. The molecule has 3 nitrogen and oxygen atoms in total. The van der Waals surface area contributed by atoms with E-state index in [0.29, 0.717) is 17.5 Å². The highest BCUT2D eigenvalue weighted by Crippen LogP contribution is 2.22. The molecule has 0 aromatic heterocycles. The van der Waals surface area contributed by atoms with Crippen LogP contribution in [0.2, 0.25) is 5.02 Å². The Labute approximate surface area is 120 Å². The molecule has 0 bridgehead atoms. The van der Waals surface area contributed by atoms with Crippen molar-refractivity contribution in [2.24, 2.45) is 5.92 Å². The Balaban J connectivity index is 1.73. The third kappa shape index (κ3) is 4.18. The van der Waals surface area contributed by atoms with Gasteiger partial charge in [0.05, 0.1) is 6.10 Å². The van der Waals surface area contributed by atoms with E-state index in [1.807, 2.05) is 24.3 Å². The summed E-state index contributed by atoms with van der Waals surface area (Å²) in [6.07, 6.45) is 0.723. The van der Waals surface area contributed by atoms with Crippen LogP contribution < -0.4 is 5.32 Å². The van der Waals surface area contributed by atoms with E-state index in [0.717, 1.165) is 18.7 Å². The zero-order chi connectivity index (χ0) is 13.7. The van der Waals surface area contributed by atoms with E-state index in [9.17, 15) is 5.11 Å². The lowest BCUT2D eigenvalue weighted by Gasteiger charge is -2.16. The third-order valence-corrected chi connectivity index (χ3v) is 4.20. The molecule has 0 spiro atoms. The van der Waals surface area contributed by atoms with E-state index < -0.39 is 6.10 Å². The van der Waals surface area contributed by atoms with Crippen molar-refractivity contribution in [3.05, 3.63) is 34.9 Å². The molecule has 0 radical (unpaired) electrons. The van der Waals surface area contributed by atoms with E-state index >= 15 is 0 Å². The van der Waals surface area contributed by atoms with Gasteiger partial charge in [-0.05, 0) is 38.0 Å². The summed E-state index contributed by atoms with van der Waals surface area (Å²) in [5.41, 5.74) is 0.804. The van der Waals surface area contributed by atoms with Crippen molar-refractivity contribution in [3.63, 3.8) is 0 Å². The molecular weight excluding hydrogens is 260 g/mol. The topological polar surface area (TPSA) is 35.5 Å². The summed E-state index contributed by atoms with van der Waals surface area (Å²) in [5.74, 6) is 0.707. The Morgan fingerprint density at radius 3 is 2.95 bits per heavy atom. The second-order valence-corrected chi connectivity index (χ2v) is 5.65. The zero-order valence-electron chi connectivity index (χ0n) is 11.5. The number of aliphatic hydroxyl groups is 1. The van der Waals surface area contributed by atoms with Gasteiger partial charge in [-0.2, -0.15) is 0 Å². The molecule has 1 aliphatic rings. The maximum Gasteiger partial charge on any atom is 0.0928 e. The fourth-order valence-electron chi connectivity index (χ4n) is 2.65. The predicted molar refractivity (Wildman–Crippen MR) is 79.5 cm³/mol. The van der Waals surface area contributed by atoms with Crippen molar-refractivity contribution >= 4 is 11.6 Å². The van der Waals surface area contributed by atoms with Gasteiger partial charge in [0, 0.05) is 23.7 Å². The minimum atomic E-state index is -0.530. The van der Waals surface area contributed by atoms with Crippen LogP contribution >= 0.6 is 11.6 Å². The van der Waals surface area contributed by atoms with Gasteiger partial charge in [0.1, 0.15) is 0 Å². The van der Waals surface area contributed by atoms with Crippen molar-refractivity contribution in [3.8, 4) is 0 Å². The Bertz CT molecular complexity index is 399. The summed E-state index contributed by atoms with van der Waals surface area (Å²) >= 11 is 6.07. The molecule has 1 aromatic carbocycles. The lowest BCUT2D eigenvalue weighted by molar-refractivity contribution is 0.173. The number of halogens is 1. The van der Waals surface area contributed by atoms with Gasteiger partial charge in [-0.15, -0.1) is 0 Å². The van der Waals surface area contributed by atoms with Crippen LogP contribution in [0.15, 0.2) is 24.3 Å². The van der Waals surface area contributed by atoms with Crippen molar-refractivity contribution in [2.45, 2.75) is 19.4 Å². The summed E-state index contributed by atoms with van der Waals surface area (Å²) in [6, 6.07) is 7.48. The summed E-state index contributed by atoms with van der Waals surface area (Å²) in [5, 5.41) is 14.1. The van der Waals surface area contributed by atoms with Crippen molar-refractivity contribution in [1.29, 1.82) is 0 Å². The normalized spacial score (nSPS) is 21.7. The van der Waals surface area contributed by atoms with Crippen LogP contribution in [0.1, 0.15) is 25.0 Å². The average molecular weight is 283 g/mol. The molecule has 4 heteroatoms. The van der Waals surface area contributed by atoms with Gasteiger partial charge in [-0.25, -0.2) is 0 Å². The third-order valence-electron chi connectivity index (χ3n) is 3.85. The quantitative estimate of drug-likeness (QED) is 0.840. The molecule has 2 rings (SSSR count). The standard InChI is InChI=1S/C15H23ClN2O/c1-2-18-8-7-12(11-18)9-17-10-15(19)13-5-3-4-6-14(13)16/h3-6,12,15,17,19H,2,7-11H2,1H3. The minimum Gasteiger partial charge on any atom is -0.387 e. The minimum absolute atomic E-state index is 0.530. The number of aliphatic hydroxyl groups excluding tert-OH is 1. The van der Waals surface area contributed by atoms with Crippen LogP contribution in [0.4, 0.5) is 0 Å². The molecule has 1 aromatic rings. The number of nitrogens with one attached hydrogen (secondary N) is 1. The van der Waals surface area contributed by atoms with Crippen LogP contribution in [0, 0.1) is 5.92 Å². The van der Waals surface area contributed by atoms with Crippen LogP contribution in [-0.2, 0) is 0 Å². The van der Waals surface area contributed by atoms with Gasteiger partial charge in [0.2, 0.25) is 0 Å². The van der Waals surface area contributed by atoms with Gasteiger partial charge >= 0.3 is 0 Å². The van der Waals surface area contributed by atoms with Crippen LogP contribution in [-0.4, -0.2) is 42.7 Å². The lowest BCUT2D eigenvalue weighted by Crippen LogP contribution is -2.29. The molecule has 0 saturated carbocycles. The Morgan fingerprint density at radius 2 is 2.26 bits per heavy atom. The van der Waals surface area contributed by atoms with Crippen molar-refractivity contribution in [2.75, 3.05) is 32.7 Å². The Kier molecular flexibility index (Phi) is 5.64. The fourth-order valence-corrected chi connectivity index (χ4v) is 2.91. The first-order valence-electron chi connectivity index (χ1n) is 7.06. The average Bonchev–Trinajstić information content (AvgIpc) is 2.87. The molecule has 106 valence electrons. The molecule has 2 atom stereocenters. The van der Waals surface area contributed by atoms with E-state index in [4.69, 9.17) is 11.6 Å². The SMILES string of the molecule is CCN1CCC(CNCC(O)c2ccccc2Cl)C1. The molecule has 0 amide bonds. The second kappa shape index (κ2) is 7.25. The van der Waals surface area contributed by atoms with E-state index in [1.54, 1.807) is 0 Å². The number of likely N-dealkylation sites (tertiary alicyclic amines) is 1. The summed E-state index contributed by atoms with van der Waals surface area (Å²) in [6.45, 7) is 7.25. The predicted octanol–water partition coefficient (Wildman–Crippen LogP) is 2.30. The fraction of sp³-hybridized carbons (Fsp3) is 0.600.